The van der Waals surface area contributed by atoms with Gasteiger partial charge in [0, 0.05) is 31.5 Å². The molecule has 1 saturated carbocycles. The second-order valence-electron chi connectivity index (χ2n) is 9.20. The number of hydrogen-bond donors (Lipinski definition) is 1. The number of hydrazone groups is 1. The van der Waals surface area contributed by atoms with E-state index in [0.29, 0.717) is 18.7 Å². The maximum absolute atomic E-state index is 14.8. The third-order valence-corrected chi connectivity index (χ3v) is 6.74. The van der Waals surface area contributed by atoms with Gasteiger partial charge in [-0.05, 0) is 36.1 Å². The van der Waals surface area contributed by atoms with Gasteiger partial charge >= 0.3 is 0 Å². The predicted octanol–water partition coefficient (Wildman–Crippen LogP) is 5.93. The van der Waals surface area contributed by atoms with Crippen LogP contribution in [0.25, 0.3) is 0 Å². The number of rotatable bonds is 11. The van der Waals surface area contributed by atoms with Crippen LogP contribution in [0, 0.1) is 17.6 Å². The molecule has 2 aromatic rings. The first-order valence-corrected chi connectivity index (χ1v) is 11.7. The standard InChI is InChI=1S/C26H32F3N3/c27-21-12-13-24(29)23(15-21)25-17-26(16-22(28)18-30,20-8-4-1-5-9-20)32(31-25)14-6-2-3-7-19-10-11-19/h1,4-5,8-9,12-13,15,19,22H,2-3,6-7,10-11,14,16-18,30H2/t22-,26-/m0/s1. The molecular formula is C26H32F3N3. The van der Waals surface area contributed by atoms with Crippen molar-refractivity contribution in [3.8, 4) is 0 Å². The molecule has 0 spiro atoms. The first-order valence-electron chi connectivity index (χ1n) is 11.7. The van der Waals surface area contributed by atoms with Gasteiger partial charge in [0.15, 0.2) is 0 Å². The maximum Gasteiger partial charge on any atom is 0.132 e. The zero-order valence-corrected chi connectivity index (χ0v) is 18.5. The molecule has 1 fully saturated rings. The summed E-state index contributed by atoms with van der Waals surface area (Å²) in [5.41, 5.74) is 6.40. The van der Waals surface area contributed by atoms with Crippen LogP contribution in [0.15, 0.2) is 53.6 Å². The highest BCUT2D eigenvalue weighted by Crippen LogP contribution is 2.44. The lowest BCUT2D eigenvalue weighted by molar-refractivity contribution is 0.0747. The lowest BCUT2D eigenvalue weighted by Gasteiger charge is -2.39. The lowest BCUT2D eigenvalue weighted by Crippen LogP contribution is -2.43. The molecule has 3 nitrogen and oxygen atoms in total. The molecule has 0 saturated heterocycles. The van der Waals surface area contributed by atoms with E-state index in [1.807, 2.05) is 35.3 Å². The number of hydrogen-bond acceptors (Lipinski definition) is 3. The summed E-state index contributed by atoms with van der Waals surface area (Å²) in [5.74, 6) is -0.130. The normalized spacial score (nSPS) is 21.6. The molecule has 0 radical (unpaired) electrons. The summed E-state index contributed by atoms with van der Waals surface area (Å²) in [7, 11) is 0. The molecule has 2 N–H and O–H groups in total. The molecule has 32 heavy (non-hydrogen) atoms. The van der Waals surface area contributed by atoms with Crippen molar-refractivity contribution in [2.24, 2.45) is 16.8 Å². The van der Waals surface area contributed by atoms with Gasteiger partial charge in [0.2, 0.25) is 0 Å². The number of alkyl halides is 1. The minimum absolute atomic E-state index is 0.0898. The van der Waals surface area contributed by atoms with Crippen LogP contribution >= 0.6 is 0 Å². The molecule has 4 rings (SSSR count). The van der Waals surface area contributed by atoms with Crippen molar-refractivity contribution in [1.82, 2.24) is 5.01 Å². The van der Waals surface area contributed by atoms with Crippen LogP contribution in [-0.4, -0.2) is 30.0 Å². The highest BCUT2D eigenvalue weighted by molar-refractivity contribution is 6.02. The highest BCUT2D eigenvalue weighted by atomic mass is 19.1. The van der Waals surface area contributed by atoms with E-state index in [0.717, 1.165) is 36.5 Å². The lowest BCUT2D eigenvalue weighted by atomic mass is 9.79. The minimum Gasteiger partial charge on any atom is -0.328 e. The molecule has 2 aliphatic rings. The molecule has 0 unspecified atom stereocenters. The second-order valence-corrected chi connectivity index (χ2v) is 9.20. The van der Waals surface area contributed by atoms with E-state index in [1.165, 1.54) is 31.7 Å². The Morgan fingerprint density at radius 2 is 1.84 bits per heavy atom. The number of benzene rings is 2. The predicted molar refractivity (Wildman–Crippen MR) is 122 cm³/mol. The highest BCUT2D eigenvalue weighted by Gasteiger charge is 2.46. The molecule has 172 valence electrons. The minimum atomic E-state index is -1.22. The van der Waals surface area contributed by atoms with Gasteiger partial charge in [0.25, 0.3) is 0 Å². The van der Waals surface area contributed by atoms with E-state index < -0.39 is 23.3 Å². The van der Waals surface area contributed by atoms with E-state index in [1.54, 1.807) is 0 Å². The van der Waals surface area contributed by atoms with Gasteiger partial charge in [-0.15, -0.1) is 0 Å². The summed E-state index contributed by atoms with van der Waals surface area (Å²) in [6.45, 7) is 0.546. The average Bonchev–Trinajstić information content (AvgIpc) is 3.56. The van der Waals surface area contributed by atoms with E-state index >= 15 is 0 Å². The van der Waals surface area contributed by atoms with Crippen molar-refractivity contribution >= 4 is 5.71 Å². The largest absolute Gasteiger partial charge is 0.328 e. The van der Waals surface area contributed by atoms with Crippen molar-refractivity contribution in [3.05, 3.63) is 71.3 Å². The van der Waals surface area contributed by atoms with Crippen molar-refractivity contribution in [2.45, 2.75) is 63.1 Å². The molecule has 2 atom stereocenters. The number of nitrogens with zero attached hydrogens (tertiary/aromatic N) is 2. The number of halogens is 3. The molecule has 1 aliphatic heterocycles. The molecule has 1 aliphatic carbocycles. The number of nitrogens with two attached hydrogens (primary N) is 1. The Balaban J connectivity index is 1.63. The van der Waals surface area contributed by atoms with Crippen LogP contribution in [0.4, 0.5) is 13.2 Å². The fourth-order valence-corrected chi connectivity index (χ4v) is 4.80. The van der Waals surface area contributed by atoms with E-state index in [9.17, 15) is 13.2 Å². The molecule has 6 heteroatoms. The van der Waals surface area contributed by atoms with Gasteiger partial charge in [0.1, 0.15) is 17.8 Å². The van der Waals surface area contributed by atoms with Gasteiger partial charge in [-0.1, -0.05) is 62.4 Å². The molecule has 0 aromatic heterocycles. The van der Waals surface area contributed by atoms with Crippen molar-refractivity contribution in [2.75, 3.05) is 13.1 Å². The maximum atomic E-state index is 14.8. The third kappa shape index (κ3) is 5.17. The van der Waals surface area contributed by atoms with E-state index in [-0.39, 0.29) is 18.5 Å². The van der Waals surface area contributed by atoms with Crippen LogP contribution in [-0.2, 0) is 5.54 Å². The van der Waals surface area contributed by atoms with Crippen LogP contribution < -0.4 is 5.73 Å². The van der Waals surface area contributed by atoms with Crippen LogP contribution in [0.3, 0.4) is 0 Å². The Kier molecular flexibility index (Phi) is 7.19. The van der Waals surface area contributed by atoms with Crippen molar-refractivity contribution < 1.29 is 13.2 Å². The van der Waals surface area contributed by atoms with E-state index in [2.05, 4.69) is 0 Å². The van der Waals surface area contributed by atoms with Crippen LogP contribution in [0.1, 0.15) is 62.5 Å². The quantitative estimate of drug-likeness (QED) is 0.438. The van der Waals surface area contributed by atoms with Crippen molar-refractivity contribution in [3.63, 3.8) is 0 Å². The molecular weight excluding hydrogens is 411 g/mol. The summed E-state index contributed by atoms with van der Waals surface area (Å²) >= 11 is 0. The summed E-state index contributed by atoms with van der Waals surface area (Å²) < 4.78 is 43.3. The Morgan fingerprint density at radius 1 is 1.06 bits per heavy atom. The first-order chi connectivity index (χ1) is 15.5. The SMILES string of the molecule is NC[C@@H](F)C[C@@]1(c2ccccc2)CC(c2cc(F)ccc2F)=NN1CCCCCC1CC1. The Bertz CT molecular complexity index is 929. The van der Waals surface area contributed by atoms with Crippen LogP contribution in [0.5, 0.6) is 0 Å². The molecule has 1 heterocycles. The first kappa shape index (κ1) is 22.8. The third-order valence-electron chi connectivity index (χ3n) is 6.74. The Morgan fingerprint density at radius 3 is 2.56 bits per heavy atom. The van der Waals surface area contributed by atoms with Gasteiger partial charge in [0.05, 0.1) is 11.3 Å². The number of unbranched alkanes of at least 4 members (excludes halogenated alkanes) is 2. The Labute approximate surface area is 188 Å². The Hall–Kier alpha value is -2.34. The molecule has 0 bridgehead atoms. The summed E-state index contributed by atoms with van der Waals surface area (Å²) in [5, 5.41) is 6.68. The zero-order chi connectivity index (χ0) is 22.6. The monoisotopic (exact) mass is 443 g/mol. The van der Waals surface area contributed by atoms with Gasteiger partial charge in [-0.3, -0.25) is 5.01 Å². The second kappa shape index (κ2) is 10.1. The van der Waals surface area contributed by atoms with Gasteiger partial charge < -0.3 is 5.73 Å². The average molecular weight is 444 g/mol. The topological polar surface area (TPSA) is 41.6 Å². The fourth-order valence-electron chi connectivity index (χ4n) is 4.80. The van der Waals surface area contributed by atoms with Crippen LogP contribution in [0.2, 0.25) is 0 Å². The molecule has 2 aromatic carbocycles. The van der Waals surface area contributed by atoms with Crippen molar-refractivity contribution in [1.29, 1.82) is 0 Å². The zero-order valence-electron chi connectivity index (χ0n) is 18.5. The fraction of sp³-hybridized carbons (Fsp3) is 0.500. The van der Waals surface area contributed by atoms with Gasteiger partial charge in [-0.25, -0.2) is 13.2 Å². The smallest absolute Gasteiger partial charge is 0.132 e. The summed E-state index contributed by atoms with van der Waals surface area (Å²) in [6.07, 6.45) is 6.39. The summed E-state index contributed by atoms with van der Waals surface area (Å²) in [4.78, 5) is 0. The van der Waals surface area contributed by atoms with Gasteiger partial charge in [-0.2, -0.15) is 5.10 Å². The summed E-state index contributed by atoms with van der Waals surface area (Å²) in [6, 6.07) is 13.1. The molecule has 0 amide bonds. The van der Waals surface area contributed by atoms with E-state index in [4.69, 9.17) is 10.8 Å².